The van der Waals surface area contributed by atoms with Crippen molar-refractivity contribution in [2.24, 2.45) is 11.5 Å². The van der Waals surface area contributed by atoms with Gasteiger partial charge in [-0.3, -0.25) is 0 Å². The Morgan fingerprint density at radius 1 is 0.875 bits per heavy atom. The summed E-state index contributed by atoms with van der Waals surface area (Å²) in [5.74, 6) is 0. The smallest absolute Gasteiger partial charge is 0.0868 e. The van der Waals surface area contributed by atoms with Gasteiger partial charge >= 0.3 is 0 Å². The lowest BCUT2D eigenvalue weighted by Gasteiger charge is -2.22. The van der Waals surface area contributed by atoms with Crippen molar-refractivity contribution in [2.75, 3.05) is 11.9 Å². The van der Waals surface area contributed by atoms with E-state index in [4.69, 9.17) is 11.5 Å². The molecule has 0 saturated carbocycles. The second-order valence-electron chi connectivity index (χ2n) is 4.49. The largest absolute Gasteiger partial charge is 0.368 e. The zero-order valence-electron chi connectivity index (χ0n) is 10.9. The minimum Gasteiger partial charge on any atom is -0.368 e. The molecule has 1 rings (SSSR count). The van der Waals surface area contributed by atoms with Crippen LogP contribution in [0.1, 0.15) is 27.8 Å². The molecule has 0 fully saturated rings. The summed E-state index contributed by atoms with van der Waals surface area (Å²) < 4.78 is 0. The highest BCUT2D eigenvalue weighted by Gasteiger charge is 2.13. The van der Waals surface area contributed by atoms with Crippen molar-refractivity contribution >= 4 is 5.69 Å². The Hall–Kier alpha value is -1.06. The molecule has 0 aliphatic rings. The first-order chi connectivity index (χ1) is 7.40. The number of rotatable bonds is 3. The predicted octanol–water partition coefficient (Wildman–Crippen LogP) is 1.88. The van der Waals surface area contributed by atoms with E-state index < -0.39 is 0 Å². The summed E-state index contributed by atoms with van der Waals surface area (Å²) in [5.41, 5.74) is 19.1. The highest BCUT2D eigenvalue weighted by atomic mass is 15.0. The minimum absolute atomic E-state index is 0.182. The molecule has 1 atom stereocenters. The second-order valence-corrected chi connectivity index (χ2v) is 4.49. The van der Waals surface area contributed by atoms with Gasteiger partial charge in [-0.25, -0.2) is 0 Å². The minimum atomic E-state index is -0.182. The lowest BCUT2D eigenvalue weighted by Crippen LogP contribution is -2.37. The molecule has 16 heavy (non-hydrogen) atoms. The van der Waals surface area contributed by atoms with E-state index in [1.54, 1.807) is 0 Å². The number of benzene rings is 1. The average molecular weight is 221 g/mol. The number of anilines is 1. The van der Waals surface area contributed by atoms with Crippen LogP contribution in [0.4, 0.5) is 5.69 Å². The summed E-state index contributed by atoms with van der Waals surface area (Å²) in [7, 11) is 0. The zero-order valence-corrected chi connectivity index (χ0v) is 10.9. The van der Waals surface area contributed by atoms with Crippen LogP contribution in [-0.4, -0.2) is 12.7 Å². The molecule has 0 radical (unpaired) electrons. The summed E-state index contributed by atoms with van der Waals surface area (Å²) in [6.45, 7) is 11.1. The number of hydrogen-bond acceptors (Lipinski definition) is 3. The van der Waals surface area contributed by atoms with Gasteiger partial charge in [0.2, 0.25) is 0 Å². The van der Waals surface area contributed by atoms with Gasteiger partial charge in [-0.2, -0.15) is 0 Å². The Morgan fingerprint density at radius 3 is 1.62 bits per heavy atom. The van der Waals surface area contributed by atoms with E-state index in [2.05, 4.69) is 39.9 Å². The average Bonchev–Trinajstić information content (AvgIpc) is 2.29. The molecular formula is C13H23N3. The molecule has 3 heteroatoms. The third-order valence-corrected chi connectivity index (χ3v) is 3.58. The topological polar surface area (TPSA) is 64.1 Å². The van der Waals surface area contributed by atoms with E-state index in [9.17, 15) is 0 Å². The highest BCUT2D eigenvalue weighted by molar-refractivity contribution is 5.64. The fraction of sp³-hybridized carbons (Fsp3) is 0.538. The van der Waals surface area contributed by atoms with Crippen LogP contribution < -0.4 is 16.8 Å². The molecule has 0 spiro atoms. The first-order valence-corrected chi connectivity index (χ1v) is 5.69. The predicted molar refractivity (Wildman–Crippen MR) is 70.8 cm³/mol. The van der Waals surface area contributed by atoms with Crippen LogP contribution in [-0.2, 0) is 0 Å². The van der Waals surface area contributed by atoms with E-state index >= 15 is 0 Å². The number of hydrogen-bond donors (Lipinski definition) is 3. The summed E-state index contributed by atoms with van der Waals surface area (Å²) in [6.07, 6.45) is -0.182. The van der Waals surface area contributed by atoms with Crippen molar-refractivity contribution < 1.29 is 0 Å². The van der Waals surface area contributed by atoms with Crippen LogP contribution in [0, 0.1) is 34.6 Å². The third-order valence-electron chi connectivity index (χ3n) is 3.58. The van der Waals surface area contributed by atoms with E-state index in [-0.39, 0.29) is 6.17 Å². The van der Waals surface area contributed by atoms with Crippen molar-refractivity contribution in [1.82, 2.24) is 0 Å². The van der Waals surface area contributed by atoms with Crippen LogP contribution >= 0.6 is 0 Å². The lowest BCUT2D eigenvalue weighted by molar-refractivity contribution is 0.765. The Kier molecular flexibility index (Phi) is 3.94. The Labute approximate surface area is 98.2 Å². The first-order valence-electron chi connectivity index (χ1n) is 5.69. The molecular weight excluding hydrogens is 198 g/mol. The second kappa shape index (κ2) is 4.85. The zero-order chi connectivity index (χ0) is 12.5. The van der Waals surface area contributed by atoms with E-state index in [0.717, 1.165) is 5.69 Å². The van der Waals surface area contributed by atoms with Gasteiger partial charge in [-0.15, -0.1) is 0 Å². The monoisotopic (exact) mass is 221 g/mol. The van der Waals surface area contributed by atoms with Crippen molar-refractivity contribution in [1.29, 1.82) is 0 Å². The molecule has 90 valence electrons. The molecule has 0 amide bonds. The Balaban J connectivity index is 3.28. The lowest BCUT2D eigenvalue weighted by atomic mass is 9.93. The molecule has 0 aliphatic carbocycles. The molecule has 0 saturated heterocycles. The first kappa shape index (κ1) is 13.0. The van der Waals surface area contributed by atoms with Gasteiger partial charge < -0.3 is 16.8 Å². The molecule has 1 unspecified atom stereocenters. The SMILES string of the molecule is Cc1c(C)c(C)c(NC(N)CN)c(C)c1C. The van der Waals surface area contributed by atoms with Gasteiger partial charge in [0.05, 0.1) is 6.17 Å². The van der Waals surface area contributed by atoms with Gasteiger partial charge in [0.15, 0.2) is 0 Å². The van der Waals surface area contributed by atoms with Gasteiger partial charge in [0.25, 0.3) is 0 Å². The molecule has 0 aromatic heterocycles. The fourth-order valence-corrected chi connectivity index (χ4v) is 1.96. The highest BCUT2D eigenvalue weighted by Crippen LogP contribution is 2.30. The summed E-state index contributed by atoms with van der Waals surface area (Å²) >= 11 is 0. The van der Waals surface area contributed by atoms with E-state index in [0.29, 0.717) is 6.54 Å². The molecule has 3 nitrogen and oxygen atoms in total. The molecule has 0 aliphatic heterocycles. The van der Waals surface area contributed by atoms with E-state index in [1.807, 2.05) is 0 Å². The van der Waals surface area contributed by atoms with Crippen LogP contribution in [0.3, 0.4) is 0 Å². The summed E-state index contributed by atoms with van der Waals surface area (Å²) in [4.78, 5) is 0. The summed E-state index contributed by atoms with van der Waals surface area (Å²) in [5, 5.41) is 3.29. The van der Waals surface area contributed by atoms with Crippen molar-refractivity contribution in [3.05, 3.63) is 27.8 Å². The summed E-state index contributed by atoms with van der Waals surface area (Å²) in [6, 6.07) is 0. The van der Waals surface area contributed by atoms with E-state index in [1.165, 1.54) is 27.8 Å². The number of nitrogens with two attached hydrogens (primary N) is 2. The fourth-order valence-electron chi connectivity index (χ4n) is 1.96. The maximum Gasteiger partial charge on any atom is 0.0868 e. The normalized spacial score (nSPS) is 12.7. The molecule has 0 bridgehead atoms. The van der Waals surface area contributed by atoms with Gasteiger partial charge in [0, 0.05) is 12.2 Å². The van der Waals surface area contributed by atoms with Gasteiger partial charge in [-0.05, 0) is 62.4 Å². The maximum absolute atomic E-state index is 5.84. The molecule has 1 aromatic carbocycles. The number of nitrogens with one attached hydrogen (secondary N) is 1. The molecule has 1 aromatic rings. The van der Waals surface area contributed by atoms with Crippen LogP contribution in [0.2, 0.25) is 0 Å². The van der Waals surface area contributed by atoms with Crippen molar-refractivity contribution in [3.63, 3.8) is 0 Å². The third kappa shape index (κ3) is 2.20. The Morgan fingerprint density at radius 2 is 1.25 bits per heavy atom. The van der Waals surface area contributed by atoms with Crippen LogP contribution in [0.15, 0.2) is 0 Å². The van der Waals surface area contributed by atoms with Crippen molar-refractivity contribution in [3.8, 4) is 0 Å². The Bertz CT molecular complexity index is 368. The van der Waals surface area contributed by atoms with Gasteiger partial charge in [0.1, 0.15) is 0 Å². The van der Waals surface area contributed by atoms with Crippen LogP contribution in [0.25, 0.3) is 0 Å². The standard InChI is InChI=1S/C13H23N3/c1-7-8(2)10(4)13(11(5)9(7)3)16-12(15)6-14/h12,16H,6,14-15H2,1-5H3. The molecule has 0 heterocycles. The molecule has 5 N–H and O–H groups in total. The van der Waals surface area contributed by atoms with Crippen LogP contribution in [0.5, 0.6) is 0 Å². The van der Waals surface area contributed by atoms with Crippen molar-refractivity contribution in [2.45, 2.75) is 40.8 Å². The quantitative estimate of drug-likeness (QED) is 0.683. The maximum atomic E-state index is 5.84. The van der Waals surface area contributed by atoms with Gasteiger partial charge in [-0.1, -0.05) is 0 Å².